The number of halogens is 1. The van der Waals surface area contributed by atoms with Gasteiger partial charge in [-0.1, -0.05) is 17.7 Å². The van der Waals surface area contributed by atoms with Crippen LogP contribution in [0.5, 0.6) is 0 Å². The first-order valence-electron chi connectivity index (χ1n) is 5.90. The molecule has 112 valence electrons. The number of ether oxygens (including phenoxy) is 1. The topological polar surface area (TPSA) is 98.5 Å². The molecule has 8 heteroatoms. The Labute approximate surface area is 125 Å². The van der Waals surface area contributed by atoms with Gasteiger partial charge in [0, 0.05) is 18.7 Å². The van der Waals surface area contributed by atoms with Crippen LogP contribution in [0.15, 0.2) is 30.9 Å². The molecule has 1 aromatic rings. The number of rotatable bonds is 6. The highest BCUT2D eigenvalue weighted by atomic mass is 35.5. The Morgan fingerprint density at radius 2 is 2.24 bits per heavy atom. The first kappa shape index (κ1) is 16.6. The summed E-state index contributed by atoms with van der Waals surface area (Å²) >= 11 is 5.81. The molecule has 1 unspecified atom stereocenters. The molecule has 7 nitrogen and oxygen atoms in total. The second-order valence-corrected chi connectivity index (χ2v) is 4.41. The third kappa shape index (κ3) is 4.57. The quantitative estimate of drug-likeness (QED) is 0.375. The van der Waals surface area contributed by atoms with E-state index in [-0.39, 0.29) is 22.8 Å². The third-order valence-corrected chi connectivity index (χ3v) is 2.78. The number of benzene rings is 1. The summed E-state index contributed by atoms with van der Waals surface area (Å²) < 4.78 is 4.92. The van der Waals surface area contributed by atoms with E-state index in [9.17, 15) is 19.7 Å². The molecule has 0 aliphatic rings. The molecule has 0 fully saturated rings. The Hall–Kier alpha value is -2.41. The minimum absolute atomic E-state index is 0.00398. The lowest BCUT2D eigenvalue weighted by Crippen LogP contribution is -2.35. The van der Waals surface area contributed by atoms with Gasteiger partial charge in [-0.3, -0.25) is 14.9 Å². The molecule has 1 rings (SSSR count). The lowest BCUT2D eigenvalue weighted by molar-refractivity contribution is -0.384. The molecule has 0 aliphatic heterocycles. The van der Waals surface area contributed by atoms with E-state index in [1.54, 1.807) is 0 Å². The van der Waals surface area contributed by atoms with Gasteiger partial charge in [0.1, 0.15) is 0 Å². The number of nitro groups is 1. The molecule has 1 N–H and O–H groups in total. The summed E-state index contributed by atoms with van der Waals surface area (Å²) in [4.78, 5) is 33.5. The van der Waals surface area contributed by atoms with E-state index >= 15 is 0 Å². The highest BCUT2D eigenvalue weighted by Crippen LogP contribution is 2.23. The van der Waals surface area contributed by atoms with E-state index in [1.165, 1.54) is 25.1 Å². The number of hydrogen-bond donors (Lipinski definition) is 1. The van der Waals surface area contributed by atoms with Gasteiger partial charge >= 0.3 is 5.97 Å². The van der Waals surface area contributed by atoms with Crippen molar-refractivity contribution >= 4 is 29.2 Å². The van der Waals surface area contributed by atoms with Crippen LogP contribution in [0.3, 0.4) is 0 Å². The molecule has 1 atom stereocenters. The van der Waals surface area contributed by atoms with Crippen LogP contribution in [0.25, 0.3) is 0 Å². The number of nitro benzene ring substituents is 1. The van der Waals surface area contributed by atoms with Gasteiger partial charge in [0.15, 0.2) is 6.10 Å². The molecule has 0 aliphatic carbocycles. The van der Waals surface area contributed by atoms with Crippen molar-refractivity contribution < 1.29 is 19.2 Å². The summed E-state index contributed by atoms with van der Waals surface area (Å²) in [6, 6.07) is 3.39. The third-order valence-electron chi connectivity index (χ3n) is 2.45. The lowest BCUT2D eigenvalue weighted by atomic mass is 10.2. The van der Waals surface area contributed by atoms with Crippen LogP contribution in [0, 0.1) is 10.1 Å². The van der Waals surface area contributed by atoms with Crippen LogP contribution in [0.4, 0.5) is 5.69 Å². The molecule has 0 aromatic heterocycles. The predicted octanol–water partition coefficient (Wildman–Crippen LogP) is 2.10. The van der Waals surface area contributed by atoms with Gasteiger partial charge in [-0.25, -0.2) is 4.79 Å². The number of carbonyl (C=O) groups excluding carboxylic acids is 2. The van der Waals surface area contributed by atoms with Gasteiger partial charge in [-0.05, 0) is 13.0 Å². The molecule has 0 spiro atoms. The van der Waals surface area contributed by atoms with Crippen LogP contribution in [0.1, 0.15) is 17.3 Å². The van der Waals surface area contributed by atoms with Crippen LogP contribution >= 0.6 is 11.6 Å². The normalized spacial score (nSPS) is 11.3. The zero-order chi connectivity index (χ0) is 16.0. The second-order valence-electron chi connectivity index (χ2n) is 4.00. The van der Waals surface area contributed by atoms with Gasteiger partial charge < -0.3 is 10.1 Å². The van der Waals surface area contributed by atoms with Crippen LogP contribution < -0.4 is 5.32 Å². The number of non-ortho nitro benzene ring substituents is 1. The van der Waals surface area contributed by atoms with Gasteiger partial charge in [-0.15, -0.1) is 6.58 Å². The van der Waals surface area contributed by atoms with E-state index < -0.39 is 22.9 Å². The number of carbonyl (C=O) groups is 2. The van der Waals surface area contributed by atoms with Crippen LogP contribution in [0.2, 0.25) is 5.02 Å². The molecule has 1 aromatic carbocycles. The molecule has 0 bridgehead atoms. The van der Waals surface area contributed by atoms with Gasteiger partial charge in [0.25, 0.3) is 11.6 Å². The second kappa shape index (κ2) is 7.39. The van der Waals surface area contributed by atoms with Gasteiger partial charge in [-0.2, -0.15) is 0 Å². The van der Waals surface area contributed by atoms with E-state index in [1.807, 2.05) is 0 Å². The number of hydrogen-bond acceptors (Lipinski definition) is 5. The SMILES string of the molecule is C=CCNC(=O)C(C)OC(=O)c1cc([N+](=O)[O-])ccc1Cl. The Balaban J connectivity index is 2.84. The van der Waals surface area contributed by atoms with Crippen molar-refractivity contribution in [3.63, 3.8) is 0 Å². The largest absolute Gasteiger partial charge is 0.449 e. The minimum atomic E-state index is -1.06. The van der Waals surface area contributed by atoms with Crippen molar-refractivity contribution in [3.05, 3.63) is 51.6 Å². The monoisotopic (exact) mass is 312 g/mol. The maximum atomic E-state index is 11.9. The number of esters is 1. The van der Waals surface area contributed by atoms with Gasteiger partial charge in [0.05, 0.1) is 15.5 Å². The summed E-state index contributed by atoms with van der Waals surface area (Å²) in [5, 5.41) is 13.1. The maximum absolute atomic E-state index is 11.9. The summed E-state index contributed by atoms with van der Waals surface area (Å²) in [5.74, 6) is -1.42. The standard InChI is InChI=1S/C13H13ClN2O5/c1-3-6-15-12(17)8(2)21-13(18)10-7-9(16(19)20)4-5-11(10)14/h3-5,7-8H,1,6H2,2H3,(H,15,17). The van der Waals surface area contributed by atoms with E-state index in [0.717, 1.165) is 6.07 Å². The molecular formula is C13H13ClN2O5. The van der Waals surface area contributed by atoms with Crippen LogP contribution in [-0.4, -0.2) is 29.4 Å². The summed E-state index contributed by atoms with van der Waals surface area (Å²) in [6.45, 7) is 5.05. The molecule has 0 saturated heterocycles. The fourth-order valence-electron chi connectivity index (χ4n) is 1.38. The highest BCUT2D eigenvalue weighted by molar-refractivity contribution is 6.33. The molecular weight excluding hydrogens is 300 g/mol. The van der Waals surface area contributed by atoms with E-state index in [4.69, 9.17) is 16.3 Å². The zero-order valence-corrected chi connectivity index (χ0v) is 11.9. The fourth-order valence-corrected chi connectivity index (χ4v) is 1.57. The number of nitrogens with zero attached hydrogens (tertiary/aromatic N) is 1. The van der Waals surface area contributed by atoms with Crippen molar-refractivity contribution in [2.45, 2.75) is 13.0 Å². The summed E-state index contributed by atoms with van der Waals surface area (Å²) in [5.41, 5.74) is -0.468. The fraction of sp³-hybridized carbons (Fsp3) is 0.231. The number of amides is 1. The average Bonchev–Trinajstić information content (AvgIpc) is 2.44. The zero-order valence-electron chi connectivity index (χ0n) is 11.2. The molecule has 21 heavy (non-hydrogen) atoms. The summed E-state index contributed by atoms with van der Waals surface area (Å²) in [7, 11) is 0. The Morgan fingerprint density at radius 3 is 2.81 bits per heavy atom. The van der Waals surface area contributed by atoms with E-state index in [0.29, 0.717) is 0 Å². The number of nitrogens with one attached hydrogen (secondary N) is 1. The Bertz CT molecular complexity index is 588. The molecule has 1 amide bonds. The van der Waals surface area contributed by atoms with Crippen molar-refractivity contribution in [3.8, 4) is 0 Å². The lowest BCUT2D eigenvalue weighted by Gasteiger charge is -2.13. The van der Waals surface area contributed by atoms with Crippen LogP contribution in [-0.2, 0) is 9.53 Å². The van der Waals surface area contributed by atoms with Gasteiger partial charge in [0.2, 0.25) is 0 Å². The molecule has 0 radical (unpaired) electrons. The summed E-state index contributed by atoms with van der Waals surface area (Å²) in [6.07, 6.45) is 0.414. The average molecular weight is 313 g/mol. The minimum Gasteiger partial charge on any atom is -0.449 e. The maximum Gasteiger partial charge on any atom is 0.340 e. The van der Waals surface area contributed by atoms with Crippen molar-refractivity contribution in [1.82, 2.24) is 5.32 Å². The van der Waals surface area contributed by atoms with E-state index in [2.05, 4.69) is 11.9 Å². The Morgan fingerprint density at radius 1 is 1.57 bits per heavy atom. The van der Waals surface area contributed by atoms with Crippen molar-refractivity contribution in [2.75, 3.05) is 6.54 Å². The Kier molecular flexibility index (Phi) is 5.86. The first-order valence-corrected chi connectivity index (χ1v) is 6.28. The first-order chi connectivity index (χ1) is 9.86. The highest BCUT2D eigenvalue weighted by Gasteiger charge is 2.22. The molecule has 0 heterocycles. The molecule has 0 saturated carbocycles. The smallest absolute Gasteiger partial charge is 0.340 e. The van der Waals surface area contributed by atoms with Crippen molar-refractivity contribution in [2.24, 2.45) is 0 Å². The predicted molar refractivity (Wildman–Crippen MR) is 76.2 cm³/mol. The van der Waals surface area contributed by atoms with Crippen molar-refractivity contribution in [1.29, 1.82) is 0 Å².